The average Bonchev–Trinajstić information content (AvgIpc) is 2.74. The molecule has 0 N–H and O–H groups in total. The van der Waals surface area contributed by atoms with Crippen molar-refractivity contribution in [2.24, 2.45) is 29.1 Å². The Morgan fingerprint density at radius 1 is 1.44 bits per heavy atom. The number of esters is 1. The van der Waals surface area contributed by atoms with E-state index in [4.69, 9.17) is 4.74 Å². The summed E-state index contributed by atoms with van der Waals surface area (Å²) in [7, 11) is 0. The summed E-state index contributed by atoms with van der Waals surface area (Å²) >= 11 is 0. The first kappa shape index (κ1) is 10.4. The molecule has 0 aromatic rings. The predicted molar refractivity (Wildman–Crippen MR) is 61.7 cm³/mol. The molecule has 0 amide bonds. The molecule has 3 rings (SSSR count). The maximum absolute atomic E-state index is 11.1. The number of hydrogen-bond acceptors (Lipinski definition) is 2. The summed E-state index contributed by atoms with van der Waals surface area (Å²) in [6, 6.07) is 0. The van der Waals surface area contributed by atoms with Crippen LogP contribution in [0.15, 0.2) is 12.2 Å². The van der Waals surface area contributed by atoms with Crippen LogP contribution in [0.1, 0.15) is 33.6 Å². The van der Waals surface area contributed by atoms with E-state index in [-0.39, 0.29) is 12.1 Å². The number of fused-ring (bicyclic) bond motifs is 5. The van der Waals surface area contributed by atoms with Crippen molar-refractivity contribution >= 4 is 5.97 Å². The van der Waals surface area contributed by atoms with Crippen molar-refractivity contribution in [3.63, 3.8) is 0 Å². The summed E-state index contributed by atoms with van der Waals surface area (Å²) in [5.74, 6) is 2.66. The SMILES string of the molecule is CC(=O)OC1CC2C3C=CCC3C1C2(C)C. The minimum absolute atomic E-state index is 0.115. The minimum atomic E-state index is -0.115. The van der Waals surface area contributed by atoms with E-state index in [0.29, 0.717) is 17.3 Å². The van der Waals surface area contributed by atoms with Gasteiger partial charge in [0.25, 0.3) is 0 Å². The van der Waals surface area contributed by atoms with Crippen LogP contribution < -0.4 is 0 Å². The lowest BCUT2D eigenvalue weighted by molar-refractivity contribution is -0.150. The number of carbonyl (C=O) groups is 1. The molecule has 3 aliphatic rings. The normalized spacial score (nSPS) is 47.1. The van der Waals surface area contributed by atoms with Gasteiger partial charge in [-0.15, -0.1) is 0 Å². The van der Waals surface area contributed by atoms with Gasteiger partial charge < -0.3 is 4.74 Å². The lowest BCUT2D eigenvalue weighted by atomic mass is 9.78. The van der Waals surface area contributed by atoms with Gasteiger partial charge in [0, 0.05) is 12.8 Å². The zero-order valence-corrected chi connectivity index (χ0v) is 10.3. The Morgan fingerprint density at radius 3 is 2.88 bits per heavy atom. The molecule has 2 fully saturated rings. The molecule has 2 nitrogen and oxygen atoms in total. The van der Waals surface area contributed by atoms with Gasteiger partial charge in [0.05, 0.1) is 0 Å². The van der Waals surface area contributed by atoms with Crippen LogP contribution in [-0.2, 0) is 9.53 Å². The van der Waals surface area contributed by atoms with Crippen LogP contribution in [0, 0.1) is 29.1 Å². The van der Waals surface area contributed by atoms with Crippen LogP contribution in [0.25, 0.3) is 0 Å². The van der Waals surface area contributed by atoms with Crippen molar-refractivity contribution in [2.75, 3.05) is 0 Å². The van der Waals surface area contributed by atoms with Crippen LogP contribution in [-0.4, -0.2) is 12.1 Å². The largest absolute Gasteiger partial charge is 0.462 e. The molecule has 2 bridgehead atoms. The van der Waals surface area contributed by atoms with Crippen molar-refractivity contribution < 1.29 is 9.53 Å². The molecule has 3 aliphatic carbocycles. The Hall–Kier alpha value is -0.790. The topological polar surface area (TPSA) is 26.3 Å². The summed E-state index contributed by atoms with van der Waals surface area (Å²) in [6.07, 6.45) is 7.16. The van der Waals surface area contributed by atoms with Crippen molar-refractivity contribution in [1.29, 1.82) is 0 Å². The molecule has 0 saturated heterocycles. The Bertz CT molecular complexity index is 356. The van der Waals surface area contributed by atoms with E-state index in [2.05, 4.69) is 26.0 Å². The maximum atomic E-state index is 11.1. The van der Waals surface area contributed by atoms with E-state index in [1.807, 2.05) is 0 Å². The fourth-order valence-electron chi connectivity index (χ4n) is 4.75. The van der Waals surface area contributed by atoms with Crippen molar-refractivity contribution in [1.82, 2.24) is 0 Å². The van der Waals surface area contributed by atoms with Gasteiger partial charge in [0.2, 0.25) is 0 Å². The highest BCUT2D eigenvalue weighted by Crippen LogP contribution is 2.66. The third kappa shape index (κ3) is 1.16. The molecule has 16 heavy (non-hydrogen) atoms. The van der Waals surface area contributed by atoms with Gasteiger partial charge in [-0.25, -0.2) is 0 Å². The van der Waals surface area contributed by atoms with Gasteiger partial charge in [-0.2, -0.15) is 0 Å². The Labute approximate surface area is 97.1 Å². The second-order valence-electron chi connectivity index (χ2n) is 6.24. The summed E-state index contributed by atoms with van der Waals surface area (Å²) in [4.78, 5) is 11.1. The molecule has 0 radical (unpaired) electrons. The molecule has 2 saturated carbocycles. The van der Waals surface area contributed by atoms with Gasteiger partial charge in [-0.05, 0) is 36.0 Å². The maximum Gasteiger partial charge on any atom is 0.302 e. The smallest absolute Gasteiger partial charge is 0.302 e. The van der Waals surface area contributed by atoms with E-state index in [1.54, 1.807) is 0 Å². The number of carbonyl (C=O) groups excluding carboxylic acids is 1. The van der Waals surface area contributed by atoms with Crippen LogP contribution in [0.5, 0.6) is 0 Å². The Balaban J connectivity index is 1.89. The summed E-state index contributed by atoms with van der Waals surface area (Å²) in [6.45, 7) is 6.25. The third-order valence-electron chi connectivity index (χ3n) is 5.21. The first-order chi connectivity index (χ1) is 7.51. The molecule has 0 heterocycles. The molecule has 2 heteroatoms. The summed E-state index contributed by atoms with van der Waals surface area (Å²) < 4.78 is 5.52. The monoisotopic (exact) mass is 220 g/mol. The standard InChI is InChI=1S/C14H20O2/c1-8(15)16-12-7-11-9-5-4-6-10(9)13(12)14(11,2)3/h4-5,9-13H,6-7H2,1-3H3. The second-order valence-corrected chi connectivity index (χ2v) is 6.24. The molecule has 0 spiro atoms. The first-order valence-electron chi connectivity index (χ1n) is 6.35. The molecule has 88 valence electrons. The zero-order valence-electron chi connectivity index (χ0n) is 10.3. The van der Waals surface area contributed by atoms with Crippen LogP contribution >= 0.6 is 0 Å². The van der Waals surface area contributed by atoms with E-state index in [9.17, 15) is 4.79 Å². The van der Waals surface area contributed by atoms with E-state index >= 15 is 0 Å². The Kier molecular flexibility index (Phi) is 2.02. The lowest BCUT2D eigenvalue weighted by Gasteiger charge is -2.31. The second kappa shape index (κ2) is 3.12. The zero-order chi connectivity index (χ0) is 11.5. The number of hydrogen-bond donors (Lipinski definition) is 0. The fraction of sp³-hybridized carbons (Fsp3) is 0.786. The molecular weight excluding hydrogens is 200 g/mol. The van der Waals surface area contributed by atoms with Gasteiger partial charge in [0.15, 0.2) is 0 Å². The van der Waals surface area contributed by atoms with Gasteiger partial charge >= 0.3 is 5.97 Å². The number of ether oxygens (including phenoxy) is 1. The quantitative estimate of drug-likeness (QED) is 0.501. The molecule has 0 aromatic carbocycles. The molecule has 5 atom stereocenters. The van der Waals surface area contributed by atoms with Gasteiger partial charge in [0.1, 0.15) is 6.10 Å². The first-order valence-corrected chi connectivity index (χ1v) is 6.35. The lowest BCUT2D eigenvalue weighted by Crippen LogP contribution is -2.33. The molecule has 0 aromatic heterocycles. The number of rotatable bonds is 1. The summed E-state index contributed by atoms with van der Waals surface area (Å²) in [5.41, 5.74) is 0.347. The highest BCUT2D eigenvalue weighted by molar-refractivity contribution is 5.66. The van der Waals surface area contributed by atoms with E-state index in [0.717, 1.165) is 18.3 Å². The molecular formula is C14H20O2. The third-order valence-corrected chi connectivity index (χ3v) is 5.21. The van der Waals surface area contributed by atoms with Crippen LogP contribution in [0.2, 0.25) is 0 Å². The average molecular weight is 220 g/mol. The van der Waals surface area contributed by atoms with Crippen LogP contribution in [0.3, 0.4) is 0 Å². The highest BCUT2D eigenvalue weighted by atomic mass is 16.5. The molecule has 5 unspecified atom stereocenters. The van der Waals surface area contributed by atoms with E-state index in [1.165, 1.54) is 13.3 Å². The highest BCUT2D eigenvalue weighted by Gasteiger charge is 2.63. The fourth-order valence-corrected chi connectivity index (χ4v) is 4.75. The van der Waals surface area contributed by atoms with E-state index < -0.39 is 0 Å². The Morgan fingerprint density at radius 2 is 2.19 bits per heavy atom. The van der Waals surface area contributed by atoms with Crippen molar-refractivity contribution in [3.8, 4) is 0 Å². The molecule has 0 aliphatic heterocycles. The predicted octanol–water partition coefficient (Wildman–Crippen LogP) is 2.79. The van der Waals surface area contributed by atoms with Gasteiger partial charge in [-0.1, -0.05) is 26.0 Å². The minimum Gasteiger partial charge on any atom is -0.462 e. The van der Waals surface area contributed by atoms with Gasteiger partial charge in [-0.3, -0.25) is 4.79 Å². The summed E-state index contributed by atoms with van der Waals surface area (Å²) in [5, 5.41) is 0. The van der Waals surface area contributed by atoms with Crippen LogP contribution in [0.4, 0.5) is 0 Å². The van der Waals surface area contributed by atoms with Crippen molar-refractivity contribution in [3.05, 3.63) is 12.2 Å². The number of allylic oxidation sites excluding steroid dienone is 2. The van der Waals surface area contributed by atoms with Crippen molar-refractivity contribution in [2.45, 2.75) is 39.7 Å².